The summed E-state index contributed by atoms with van der Waals surface area (Å²) in [5, 5.41) is 2.84. The smallest absolute Gasteiger partial charge is 0.254 e. The number of carbonyl (C=O) groups excluding carboxylic acids is 2. The zero-order valence-corrected chi connectivity index (χ0v) is 17.0. The summed E-state index contributed by atoms with van der Waals surface area (Å²) in [6.07, 6.45) is 4.23. The van der Waals surface area contributed by atoms with Crippen molar-refractivity contribution in [2.75, 3.05) is 17.6 Å². The number of rotatable bonds is 6. The van der Waals surface area contributed by atoms with Gasteiger partial charge in [0.15, 0.2) is 0 Å². The van der Waals surface area contributed by atoms with Gasteiger partial charge in [-0.05, 0) is 42.7 Å². The molecular formula is C22H22N4O2S. The van der Waals surface area contributed by atoms with Gasteiger partial charge in [-0.2, -0.15) is 0 Å². The van der Waals surface area contributed by atoms with Crippen LogP contribution in [0.3, 0.4) is 0 Å². The van der Waals surface area contributed by atoms with Gasteiger partial charge in [-0.15, -0.1) is 11.8 Å². The van der Waals surface area contributed by atoms with E-state index in [1.165, 1.54) is 22.9 Å². The van der Waals surface area contributed by atoms with Gasteiger partial charge in [0, 0.05) is 29.4 Å². The van der Waals surface area contributed by atoms with Gasteiger partial charge in [0.1, 0.15) is 5.82 Å². The van der Waals surface area contributed by atoms with E-state index in [1.54, 1.807) is 24.5 Å². The highest BCUT2D eigenvalue weighted by Crippen LogP contribution is 2.32. The molecule has 0 fully saturated rings. The van der Waals surface area contributed by atoms with Crippen LogP contribution in [-0.2, 0) is 17.8 Å². The lowest BCUT2D eigenvalue weighted by molar-refractivity contribution is -0.113. The molecule has 4 rings (SSSR count). The Balaban J connectivity index is 1.56. The van der Waals surface area contributed by atoms with E-state index in [-0.39, 0.29) is 11.8 Å². The molecule has 1 aliphatic heterocycles. The first-order valence-corrected chi connectivity index (χ1v) is 10.5. The molecule has 0 atom stereocenters. The standard InChI is InChI=1S/C22H22N4O2S/c1-15-4-2-3-5-16(15)8-11-26(13-20-23-9-10-24-20)22(28)17-6-7-18-19(12-17)29-14-21(27)25-18/h2-7,9-10,12H,8,11,13-14H2,1H3,(H,23,24)(H,25,27). The molecule has 148 valence electrons. The second-order valence-electron chi connectivity index (χ2n) is 6.99. The van der Waals surface area contributed by atoms with Crippen LogP contribution in [0.4, 0.5) is 5.69 Å². The number of fused-ring (bicyclic) bond motifs is 1. The molecule has 0 aliphatic carbocycles. The van der Waals surface area contributed by atoms with Gasteiger partial charge in [0.2, 0.25) is 5.91 Å². The van der Waals surface area contributed by atoms with Gasteiger partial charge >= 0.3 is 0 Å². The number of hydrogen-bond acceptors (Lipinski definition) is 4. The zero-order chi connectivity index (χ0) is 20.2. The molecule has 2 amide bonds. The second-order valence-corrected chi connectivity index (χ2v) is 8.00. The molecule has 0 unspecified atom stereocenters. The maximum atomic E-state index is 13.3. The third-order valence-corrected chi connectivity index (χ3v) is 6.01. The first-order valence-electron chi connectivity index (χ1n) is 9.49. The highest BCUT2D eigenvalue weighted by atomic mass is 32.2. The average molecular weight is 407 g/mol. The number of aromatic amines is 1. The quantitative estimate of drug-likeness (QED) is 0.655. The molecule has 0 spiro atoms. The van der Waals surface area contributed by atoms with E-state index in [0.29, 0.717) is 24.4 Å². The summed E-state index contributed by atoms with van der Waals surface area (Å²) in [4.78, 5) is 35.0. The Labute approximate surface area is 173 Å². The molecule has 0 saturated heterocycles. The molecule has 6 nitrogen and oxygen atoms in total. The van der Waals surface area contributed by atoms with Gasteiger partial charge in [-0.1, -0.05) is 24.3 Å². The summed E-state index contributed by atoms with van der Waals surface area (Å²) >= 11 is 1.46. The van der Waals surface area contributed by atoms with E-state index in [1.807, 2.05) is 23.1 Å². The van der Waals surface area contributed by atoms with E-state index >= 15 is 0 Å². The van der Waals surface area contributed by atoms with Crippen LogP contribution in [0.2, 0.25) is 0 Å². The number of hydrogen-bond donors (Lipinski definition) is 2. The van der Waals surface area contributed by atoms with Crippen LogP contribution in [0.5, 0.6) is 0 Å². The van der Waals surface area contributed by atoms with Crippen LogP contribution in [0.15, 0.2) is 59.8 Å². The van der Waals surface area contributed by atoms with E-state index in [9.17, 15) is 9.59 Å². The third-order valence-electron chi connectivity index (χ3n) is 4.96. The minimum atomic E-state index is -0.0460. The van der Waals surface area contributed by atoms with Crippen LogP contribution in [0.25, 0.3) is 0 Å². The molecule has 2 heterocycles. The van der Waals surface area contributed by atoms with Crippen molar-refractivity contribution in [3.63, 3.8) is 0 Å². The predicted molar refractivity (Wildman–Crippen MR) is 114 cm³/mol. The Morgan fingerprint density at radius 2 is 2.10 bits per heavy atom. The number of benzene rings is 2. The number of aromatic nitrogens is 2. The topological polar surface area (TPSA) is 78.1 Å². The van der Waals surface area contributed by atoms with Gasteiger partial charge < -0.3 is 15.2 Å². The number of aryl methyl sites for hydroxylation is 1. The number of thioether (sulfide) groups is 1. The van der Waals surface area contributed by atoms with E-state index in [2.05, 4.69) is 34.3 Å². The monoisotopic (exact) mass is 406 g/mol. The SMILES string of the molecule is Cc1ccccc1CCN(Cc1ncc[nH]1)C(=O)c1ccc2c(c1)SCC(=O)N2. The molecular weight excluding hydrogens is 384 g/mol. The van der Waals surface area contributed by atoms with Crippen LogP contribution in [0, 0.1) is 6.92 Å². The minimum absolute atomic E-state index is 0.0146. The summed E-state index contributed by atoms with van der Waals surface area (Å²) in [6.45, 7) is 3.09. The number of amides is 2. The number of carbonyl (C=O) groups is 2. The van der Waals surface area contributed by atoms with Crippen molar-refractivity contribution < 1.29 is 9.59 Å². The Kier molecular flexibility index (Phi) is 5.67. The molecule has 2 N–H and O–H groups in total. The molecule has 29 heavy (non-hydrogen) atoms. The summed E-state index contributed by atoms with van der Waals surface area (Å²) in [5.74, 6) is 1.06. The van der Waals surface area contributed by atoms with Crippen LogP contribution in [-0.4, -0.2) is 39.0 Å². The molecule has 0 saturated carbocycles. The maximum absolute atomic E-state index is 13.3. The number of nitrogens with zero attached hydrogens (tertiary/aromatic N) is 2. The van der Waals surface area contributed by atoms with Crippen molar-refractivity contribution in [3.05, 3.63) is 77.4 Å². The summed E-state index contributed by atoms with van der Waals surface area (Å²) in [5.41, 5.74) is 3.83. The van der Waals surface area contributed by atoms with Crippen molar-refractivity contribution in [3.8, 4) is 0 Å². The molecule has 2 aromatic carbocycles. The fourth-order valence-electron chi connectivity index (χ4n) is 3.35. The minimum Gasteiger partial charge on any atom is -0.347 e. The normalized spacial score (nSPS) is 12.9. The number of anilines is 1. The summed E-state index contributed by atoms with van der Waals surface area (Å²) < 4.78 is 0. The average Bonchev–Trinajstić information content (AvgIpc) is 3.24. The van der Waals surface area contributed by atoms with Crippen LogP contribution < -0.4 is 5.32 Å². The Hall–Kier alpha value is -3.06. The van der Waals surface area contributed by atoms with Gasteiger partial charge in [0.05, 0.1) is 18.0 Å². The molecule has 7 heteroatoms. The van der Waals surface area contributed by atoms with Crippen LogP contribution >= 0.6 is 11.8 Å². The molecule has 0 radical (unpaired) electrons. The largest absolute Gasteiger partial charge is 0.347 e. The van der Waals surface area contributed by atoms with E-state index in [0.717, 1.165) is 22.8 Å². The van der Waals surface area contributed by atoms with Crippen molar-refractivity contribution in [1.29, 1.82) is 0 Å². The maximum Gasteiger partial charge on any atom is 0.254 e. The highest BCUT2D eigenvalue weighted by Gasteiger charge is 2.21. The van der Waals surface area contributed by atoms with Gasteiger partial charge in [0.25, 0.3) is 5.91 Å². The first-order chi connectivity index (χ1) is 14.1. The van der Waals surface area contributed by atoms with Gasteiger partial charge in [-0.3, -0.25) is 9.59 Å². The molecule has 1 aliphatic rings. The molecule has 0 bridgehead atoms. The number of imidazole rings is 1. The summed E-state index contributed by atoms with van der Waals surface area (Å²) in [7, 11) is 0. The zero-order valence-electron chi connectivity index (χ0n) is 16.1. The van der Waals surface area contributed by atoms with Crippen molar-refractivity contribution in [1.82, 2.24) is 14.9 Å². The first kappa shape index (κ1) is 19.3. The van der Waals surface area contributed by atoms with Crippen molar-refractivity contribution in [2.24, 2.45) is 0 Å². The van der Waals surface area contributed by atoms with Gasteiger partial charge in [-0.25, -0.2) is 4.98 Å². The predicted octanol–water partition coefficient (Wildman–Crippen LogP) is 3.65. The van der Waals surface area contributed by atoms with E-state index in [4.69, 9.17) is 0 Å². The fraction of sp³-hybridized carbons (Fsp3) is 0.227. The molecule has 3 aromatic rings. The molecule has 1 aromatic heterocycles. The Morgan fingerprint density at radius 1 is 1.24 bits per heavy atom. The van der Waals surface area contributed by atoms with Crippen molar-refractivity contribution in [2.45, 2.75) is 24.8 Å². The Bertz CT molecular complexity index is 1030. The third kappa shape index (κ3) is 4.51. The lowest BCUT2D eigenvalue weighted by Crippen LogP contribution is -2.33. The highest BCUT2D eigenvalue weighted by molar-refractivity contribution is 8.00. The fourth-order valence-corrected chi connectivity index (χ4v) is 4.20. The Morgan fingerprint density at radius 3 is 2.90 bits per heavy atom. The lowest BCUT2D eigenvalue weighted by atomic mass is 10.1. The van der Waals surface area contributed by atoms with Crippen LogP contribution in [0.1, 0.15) is 27.3 Å². The second kappa shape index (κ2) is 8.53. The van der Waals surface area contributed by atoms with Crippen molar-refractivity contribution >= 4 is 29.3 Å². The summed E-state index contributed by atoms with van der Waals surface area (Å²) in [6, 6.07) is 13.7. The number of nitrogens with one attached hydrogen (secondary N) is 2. The number of H-pyrrole nitrogens is 1. The lowest BCUT2D eigenvalue weighted by Gasteiger charge is -2.23. The van der Waals surface area contributed by atoms with E-state index < -0.39 is 0 Å².